The topological polar surface area (TPSA) is 92.5 Å². The van der Waals surface area contributed by atoms with Gasteiger partial charge >= 0.3 is 0 Å². The Labute approximate surface area is 114 Å². The number of ketones is 1. The Hall–Kier alpha value is -2.28. The highest BCUT2D eigenvalue weighted by Gasteiger charge is 2.37. The zero-order valence-corrected chi connectivity index (χ0v) is 10.9. The number of rotatable bonds is 4. The molecule has 1 aromatic rings. The summed E-state index contributed by atoms with van der Waals surface area (Å²) in [5, 5.41) is 0. The summed E-state index contributed by atoms with van der Waals surface area (Å²) >= 11 is 0. The number of anilines is 1. The number of nitrogens with zero attached hydrogens (tertiary/aromatic N) is 1. The van der Waals surface area contributed by atoms with E-state index in [-0.39, 0.29) is 36.5 Å². The number of fused-ring (bicyclic) bond motifs is 1. The molecule has 0 saturated heterocycles. The van der Waals surface area contributed by atoms with Gasteiger partial charge in [0, 0.05) is 13.0 Å². The van der Waals surface area contributed by atoms with Gasteiger partial charge in [0.25, 0.3) is 11.7 Å². The second-order valence-corrected chi connectivity index (χ2v) is 4.60. The average Bonchev–Trinajstić information content (AvgIpc) is 2.64. The fourth-order valence-corrected chi connectivity index (χ4v) is 2.20. The number of benzene rings is 1. The van der Waals surface area contributed by atoms with Gasteiger partial charge in [0.05, 0.1) is 11.3 Å². The maximum Gasteiger partial charge on any atom is 0.299 e. The Kier molecular flexibility index (Phi) is 3.80. The number of carbonyl (C=O) groups is 3. The highest BCUT2D eigenvalue weighted by atomic mass is 19.1. The zero-order chi connectivity index (χ0) is 14.9. The Bertz CT molecular complexity index is 601. The number of nitrogens with one attached hydrogen (secondary N) is 1. The van der Waals surface area contributed by atoms with Crippen LogP contribution in [0.2, 0.25) is 0 Å². The summed E-state index contributed by atoms with van der Waals surface area (Å²) < 4.78 is 14.0. The van der Waals surface area contributed by atoms with E-state index in [9.17, 15) is 18.8 Å². The van der Waals surface area contributed by atoms with Gasteiger partial charge in [0.1, 0.15) is 5.82 Å². The van der Waals surface area contributed by atoms with Crippen LogP contribution in [-0.4, -0.2) is 24.1 Å². The molecule has 1 aliphatic rings. The lowest BCUT2D eigenvalue weighted by molar-refractivity contribution is -0.121. The summed E-state index contributed by atoms with van der Waals surface area (Å²) in [5.74, 6) is 2.47. The summed E-state index contributed by atoms with van der Waals surface area (Å²) in [7, 11) is 0. The number of carbonyl (C=O) groups excluding carboxylic acids is 3. The van der Waals surface area contributed by atoms with E-state index in [1.54, 1.807) is 6.92 Å². The van der Waals surface area contributed by atoms with Gasteiger partial charge in [0.2, 0.25) is 5.91 Å². The van der Waals surface area contributed by atoms with Crippen LogP contribution in [0.4, 0.5) is 10.1 Å². The monoisotopic (exact) mass is 279 g/mol. The van der Waals surface area contributed by atoms with Crippen molar-refractivity contribution in [3.8, 4) is 0 Å². The minimum absolute atomic E-state index is 0.00115. The first-order valence-electron chi connectivity index (χ1n) is 6.11. The summed E-state index contributed by atoms with van der Waals surface area (Å²) in [5.41, 5.74) is 2.62. The lowest BCUT2D eigenvalue weighted by Crippen LogP contribution is -2.33. The number of halogens is 1. The predicted molar refractivity (Wildman–Crippen MR) is 69.4 cm³/mol. The van der Waals surface area contributed by atoms with E-state index in [1.165, 1.54) is 12.1 Å². The minimum atomic E-state index is -0.766. The third kappa shape index (κ3) is 2.39. The van der Waals surface area contributed by atoms with E-state index in [0.717, 1.165) is 4.90 Å². The molecule has 1 heterocycles. The van der Waals surface area contributed by atoms with E-state index in [0.29, 0.717) is 5.56 Å². The number of aryl methyl sites for hydroxylation is 1. The first-order valence-corrected chi connectivity index (χ1v) is 6.11. The van der Waals surface area contributed by atoms with Crippen LogP contribution in [-0.2, 0) is 9.59 Å². The van der Waals surface area contributed by atoms with Crippen LogP contribution < -0.4 is 16.2 Å². The largest absolute Gasteiger partial charge is 0.302 e. The van der Waals surface area contributed by atoms with Gasteiger partial charge in [0.15, 0.2) is 0 Å². The van der Waals surface area contributed by atoms with Crippen molar-refractivity contribution in [3.63, 3.8) is 0 Å². The van der Waals surface area contributed by atoms with Crippen LogP contribution in [0.5, 0.6) is 0 Å². The van der Waals surface area contributed by atoms with Crippen LogP contribution in [0.1, 0.15) is 28.8 Å². The molecule has 7 heteroatoms. The van der Waals surface area contributed by atoms with Crippen LogP contribution in [0.3, 0.4) is 0 Å². The first-order chi connectivity index (χ1) is 9.45. The molecule has 3 N–H and O–H groups in total. The smallest absolute Gasteiger partial charge is 0.299 e. The van der Waals surface area contributed by atoms with Crippen molar-refractivity contribution in [2.24, 2.45) is 5.84 Å². The number of hydrazine groups is 1. The molecule has 2 amide bonds. The molecule has 6 nitrogen and oxygen atoms in total. The molecule has 20 heavy (non-hydrogen) atoms. The van der Waals surface area contributed by atoms with Gasteiger partial charge in [-0.3, -0.25) is 19.8 Å². The normalized spacial score (nSPS) is 13.7. The van der Waals surface area contributed by atoms with E-state index >= 15 is 0 Å². The molecular formula is C13H14FN3O3. The highest BCUT2D eigenvalue weighted by Crippen LogP contribution is 2.32. The molecular weight excluding hydrogens is 265 g/mol. The molecule has 0 aliphatic carbocycles. The summed E-state index contributed by atoms with van der Waals surface area (Å²) in [6.07, 6.45) is 0.381. The lowest BCUT2D eigenvalue weighted by Gasteiger charge is -2.16. The molecule has 2 rings (SSSR count). The van der Waals surface area contributed by atoms with Crippen molar-refractivity contribution in [1.82, 2.24) is 5.43 Å². The number of amides is 2. The molecule has 0 bridgehead atoms. The summed E-state index contributed by atoms with van der Waals surface area (Å²) in [6.45, 7) is 1.74. The van der Waals surface area contributed by atoms with E-state index < -0.39 is 17.5 Å². The lowest BCUT2D eigenvalue weighted by atomic mass is 10.1. The second-order valence-electron chi connectivity index (χ2n) is 4.60. The Balaban J connectivity index is 2.22. The van der Waals surface area contributed by atoms with Crippen molar-refractivity contribution < 1.29 is 18.8 Å². The number of nitrogens with two attached hydrogens (primary N) is 1. The molecule has 0 atom stereocenters. The molecule has 0 spiro atoms. The van der Waals surface area contributed by atoms with Crippen molar-refractivity contribution >= 4 is 23.3 Å². The predicted octanol–water partition coefficient (Wildman–Crippen LogP) is 0.434. The molecule has 0 aromatic heterocycles. The van der Waals surface area contributed by atoms with Gasteiger partial charge in [-0.05, 0) is 31.0 Å². The van der Waals surface area contributed by atoms with Crippen molar-refractivity contribution in [2.45, 2.75) is 19.8 Å². The maximum atomic E-state index is 14.0. The Morgan fingerprint density at radius 2 is 2.10 bits per heavy atom. The molecule has 0 radical (unpaired) electrons. The number of Topliss-reactive ketones (excluding diaryl/α,β-unsaturated/α-hetero) is 1. The first kappa shape index (κ1) is 14.1. The van der Waals surface area contributed by atoms with Crippen LogP contribution in [0, 0.1) is 12.7 Å². The van der Waals surface area contributed by atoms with Gasteiger partial charge in [-0.25, -0.2) is 10.2 Å². The fourth-order valence-electron chi connectivity index (χ4n) is 2.20. The number of hydrogen-bond acceptors (Lipinski definition) is 4. The molecule has 1 aliphatic heterocycles. The van der Waals surface area contributed by atoms with Crippen molar-refractivity contribution in [1.29, 1.82) is 0 Å². The standard InChI is InChI=1S/C13H14FN3O3/c1-7-5-8-11(9(14)6-7)17(13(20)12(8)19)4-2-3-10(18)16-15/h5-6H,2-4,15H2,1H3,(H,16,18). The summed E-state index contributed by atoms with van der Waals surface area (Å²) in [6, 6.07) is 2.76. The third-order valence-corrected chi connectivity index (χ3v) is 3.11. The second kappa shape index (κ2) is 5.38. The molecule has 0 saturated carbocycles. The van der Waals surface area contributed by atoms with Crippen molar-refractivity contribution in [2.75, 3.05) is 11.4 Å². The van der Waals surface area contributed by atoms with Gasteiger partial charge in [-0.2, -0.15) is 0 Å². The van der Waals surface area contributed by atoms with Crippen LogP contribution in [0.25, 0.3) is 0 Å². The zero-order valence-electron chi connectivity index (χ0n) is 10.9. The fraction of sp³-hybridized carbons (Fsp3) is 0.308. The third-order valence-electron chi connectivity index (χ3n) is 3.11. The Morgan fingerprint density at radius 1 is 1.40 bits per heavy atom. The van der Waals surface area contributed by atoms with E-state index in [4.69, 9.17) is 5.84 Å². The van der Waals surface area contributed by atoms with Crippen LogP contribution >= 0.6 is 0 Å². The van der Waals surface area contributed by atoms with Crippen LogP contribution in [0.15, 0.2) is 12.1 Å². The molecule has 0 unspecified atom stereocenters. The maximum absolute atomic E-state index is 14.0. The highest BCUT2D eigenvalue weighted by molar-refractivity contribution is 6.52. The minimum Gasteiger partial charge on any atom is -0.302 e. The van der Waals surface area contributed by atoms with Gasteiger partial charge < -0.3 is 4.90 Å². The Morgan fingerprint density at radius 3 is 2.75 bits per heavy atom. The average molecular weight is 279 g/mol. The molecule has 106 valence electrons. The summed E-state index contributed by atoms with van der Waals surface area (Å²) in [4.78, 5) is 35.8. The number of hydrogen-bond donors (Lipinski definition) is 2. The molecule has 0 fully saturated rings. The van der Waals surface area contributed by atoms with E-state index in [2.05, 4.69) is 0 Å². The van der Waals surface area contributed by atoms with E-state index in [1.807, 2.05) is 5.43 Å². The van der Waals surface area contributed by atoms with Gasteiger partial charge in [-0.1, -0.05) is 0 Å². The quantitative estimate of drug-likeness (QED) is 0.362. The SMILES string of the molecule is Cc1cc(F)c2c(c1)C(=O)C(=O)N2CCCC(=O)NN. The van der Waals surface area contributed by atoms with Crippen molar-refractivity contribution in [3.05, 3.63) is 29.1 Å². The molecule has 1 aromatic carbocycles. The van der Waals surface area contributed by atoms with Gasteiger partial charge in [-0.15, -0.1) is 0 Å².